The predicted octanol–water partition coefficient (Wildman–Crippen LogP) is 5.39. The van der Waals surface area contributed by atoms with E-state index in [0.717, 1.165) is 24.0 Å². The topological polar surface area (TPSA) is 64.7 Å². The van der Waals surface area contributed by atoms with Gasteiger partial charge < -0.3 is 0 Å². The molecule has 0 radical (unpaired) electrons. The minimum absolute atomic E-state index is 0.00599. The van der Waals surface area contributed by atoms with Gasteiger partial charge in [-0.3, -0.25) is 4.79 Å². The number of rotatable bonds is 6. The highest BCUT2D eigenvalue weighted by molar-refractivity contribution is 5.82. The number of carbonyl (C=O) groups is 1. The molecule has 2 bridgehead atoms. The standard InChI is InChI=1S/C25H22F2N2O/c26-23-12-19(5-6-20(23)14-29)18-3-1-15(2-4-18)7-17(13-28)11-25(30)22-9-16-8-21(22)24(27)10-16/h1-6,12,16-17,21-22,24H,7-11H2/t16-,17-,21+,22+,24-/m1/s1. The fourth-order valence-electron chi connectivity index (χ4n) is 5.10. The molecule has 0 unspecified atom stereocenters. The van der Waals surface area contributed by atoms with Crippen molar-refractivity contribution in [3.63, 3.8) is 0 Å². The number of carbonyl (C=O) groups excluding carboxylic acids is 1. The van der Waals surface area contributed by atoms with Crippen molar-refractivity contribution >= 4 is 5.78 Å². The Labute approximate surface area is 174 Å². The van der Waals surface area contributed by atoms with Gasteiger partial charge in [-0.05, 0) is 60.4 Å². The Balaban J connectivity index is 1.39. The minimum atomic E-state index is -0.863. The summed E-state index contributed by atoms with van der Waals surface area (Å²) < 4.78 is 27.8. The molecular formula is C25H22F2N2O. The average molecular weight is 404 g/mol. The molecule has 0 aliphatic heterocycles. The maximum atomic E-state index is 14.0. The zero-order chi connectivity index (χ0) is 21.3. The largest absolute Gasteiger partial charge is 0.299 e. The highest BCUT2D eigenvalue weighted by Gasteiger charge is 2.49. The summed E-state index contributed by atoms with van der Waals surface area (Å²) in [5, 5.41) is 18.4. The smallest absolute Gasteiger partial charge is 0.141 e. The van der Waals surface area contributed by atoms with E-state index in [9.17, 15) is 18.8 Å². The number of halogens is 2. The molecule has 0 spiro atoms. The van der Waals surface area contributed by atoms with Crippen molar-refractivity contribution < 1.29 is 13.6 Å². The van der Waals surface area contributed by atoms with E-state index in [1.165, 1.54) is 12.1 Å². The lowest BCUT2D eigenvalue weighted by Gasteiger charge is -2.24. The third-order valence-electron chi connectivity index (χ3n) is 6.64. The second-order valence-electron chi connectivity index (χ2n) is 8.56. The van der Waals surface area contributed by atoms with Gasteiger partial charge in [-0.25, -0.2) is 8.78 Å². The first-order valence-corrected chi connectivity index (χ1v) is 10.3. The van der Waals surface area contributed by atoms with E-state index in [2.05, 4.69) is 6.07 Å². The van der Waals surface area contributed by atoms with Gasteiger partial charge in [0.1, 0.15) is 23.8 Å². The van der Waals surface area contributed by atoms with Crippen LogP contribution in [0.25, 0.3) is 11.1 Å². The zero-order valence-electron chi connectivity index (χ0n) is 16.5. The van der Waals surface area contributed by atoms with E-state index in [4.69, 9.17) is 5.26 Å². The molecule has 152 valence electrons. The normalized spacial score (nSPS) is 25.5. The molecule has 2 aromatic rings. The molecule has 0 N–H and O–H groups in total. The van der Waals surface area contributed by atoms with E-state index in [1.54, 1.807) is 12.1 Å². The van der Waals surface area contributed by atoms with Gasteiger partial charge in [0.05, 0.1) is 17.6 Å². The van der Waals surface area contributed by atoms with Crippen LogP contribution in [0.2, 0.25) is 0 Å². The van der Waals surface area contributed by atoms with Crippen LogP contribution in [0.4, 0.5) is 8.78 Å². The van der Waals surface area contributed by atoms with Crippen LogP contribution >= 0.6 is 0 Å². The fraction of sp³-hybridized carbons (Fsp3) is 0.400. The van der Waals surface area contributed by atoms with Gasteiger partial charge in [0.2, 0.25) is 0 Å². The highest BCUT2D eigenvalue weighted by atomic mass is 19.1. The predicted molar refractivity (Wildman–Crippen MR) is 108 cm³/mol. The summed E-state index contributed by atoms with van der Waals surface area (Å²) >= 11 is 0. The van der Waals surface area contributed by atoms with Crippen LogP contribution < -0.4 is 0 Å². The van der Waals surface area contributed by atoms with Gasteiger partial charge in [-0.15, -0.1) is 0 Å². The number of alkyl halides is 1. The molecule has 30 heavy (non-hydrogen) atoms. The van der Waals surface area contributed by atoms with Crippen LogP contribution in [0.3, 0.4) is 0 Å². The molecule has 0 saturated heterocycles. The Hall–Kier alpha value is -3.05. The number of nitrogens with zero attached hydrogens (tertiary/aromatic N) is 2. The average Bonchev–Trinajstić information content (AvgIpc) is 3.33. The van der Waals surface area contributed by atoms with Gasteiger partial charge in [0.25, 0.3) is 0 Å². The molecule has 0 amide bonds. The SMILES string of the molecule is N#Cc1ccc(-c2ccc(C[C@@H](C#N)CC(=O)[C@H]3C[C@H]4C[C@@H]3[C@H](F)C4)cc2)cc1F. The lowest BCUT2D eigenvalue weighted by Crippen LogP contribution is -2.29. The number of hydrogen-bond donors (Lipinski definition) is 0. The van der Waals surface area contributed by atoms with E-state index in [0.29, 0.717) is 24.3 Å². The van der Waals surface area contributed by atoms with E-state index >= 15 is 0 Å². The molecule has 2 aliphatic carbocycles. The highest BCUT2D eigenvalue weighted by Crippen LogP contribution is 2.50. The molecule has 2 aliphatic rings. The maximum absolute atomic E-state index is 14.0. The summed E-state index contributed by atoms with van der Waals surface area (Å²) in [4.78, 5) is 12.7. The number of hydrogen-bond acceptors (Lipinski definition) is 3. The van der Waals surface area contributed by atoms with Crippen molar-refractivity contribution in [3.8, 4) is 23.3 Å². The molecule has 3 nitrogen and oxygen atoms in total. The van der Waals surface area contributed by atoms with Crippen molar-refractivity contribution in [3.05, 3.63) is 59.4 Å². The van der Waals surface area contributed by atoms with Crippen molar-refractivity contribution in [2.45, 2.75) is 38.3 Å². The number of fused-ring (bicyclic) bond motifs is 2. The summed E-state index contributed by atoms with van der Waals surface area (Å²) in [6, 6.07) is 15.9. The number of benzene rings is 2. The van der Waals surface area contributed by atoms with Crippen molar-refractivity contribution in [2.24, 2.45) is 23.7 Å². The van der Waals surface area contributed by atoms with Gasteiger partial charge >= 0.3 is 0 Å². The Kier molecular flexibility index (Phi) is 5.64. The minimum Gasteiger partial charge on any atom is -0.299 e. The zero-order valence-corrected chi connectivity index (χ0v) is 16.5. The van der Waals surface area contributed by atoms with E-state index in [-0.39, 0.29) is 29.6 Å². The van der Waals surface area contributed by atoms with Crippen LogP contribution in [0.15, 0.2) is 42.5 Å². The quantitative estimate of drug-likeness (QED) is 0.648. The summed E-state index contributed by atoms with van der Waals surface area (Å²) in [7, 11) is 0. The van der Waals surface area contributed by atoms with E-state index < -0.39 is 17.9 Å². The van der Waals surface area contributed by atoms with Crippen LogP contribution in [-0.2, 0) is 11.2 Å². The second-order valence-corrected chi connectivity index (χ2v) is 8.56. The van der Waals surface area contributed by atoms with Crippen LogP contribution in [-0.4, -0.2) is 12.0 Å². The van der Waals surface area contributed by atoms with Gasteiger partial charge in [-0.2, -0.15) is 10.5 Å². The van der Waals surface area contributed by atoms with E-state index in [1.807, 2.05) is 24.3 Å². The Bertz CT molecular complexity index is 1030. The molecule has 2 fully saturated rings. The lowest BCUT2D eigenvalue weighted by atomic mass is 9.81. The van der Waals surface area contributed by atoms with Gasteiger partial charge in [0, 0.05) is 18.3 Å². The maximum Gasteiger partial charge on any atom is 0.141 e. The van der Waals surface area contributed by atoms with Crippen LogP contribution in [0.5, 0.6) is 0 Å². The van der Waals surface area contributed by atoms with Crippen LogP contribution in [0, 0.1) is 52.2 Å². The van der Waals surface area contributed by atoms with Crippen LogP contribution in [0.1, 0.15) is 36.8 Å². The van der Waals surface area contributed by atoms with Gasteiger partial charge in [0.15, 0.2) is 0 Å². The van der Waals surface area contributed by atoms with Crippen molar-refractivity contribution in [2.75, 3.05) is 0 Å². The Morgan fingerprint density at radius 1 is 1.07 bits per heavy atom. The molecule has 2 saturated carbocycles. The number of Topliss-reactive ketones (excluding diaryl/α,β-unsaturated/α-hetero) is 1. The Morgan fingerprint density at radius 3 is 2.40 bits per heavy atom. The first-order valence-electron chi connectivity index (χ1n) is 10.3. The molecule has 5 heteroatoms. The fourth-order valence-corrected chi connectivity index (χ4v) is 5.10. The third-order valence-corrected chi connectivity index (χ3v) is 6.64. The first kappa shape index (κ1) is 20.2. The van der Waals surface area contributed by atoms with Crippen molar-refractivity contribution in [1.29, 1.82) is 10.5 Å². The third kappa shape index (κ3) is 3.98. The summed E-state index contributed by atoms with van der Waals surface area (Å²) in [5.74, 6) is -0.997. The van der Waals surface area contributed by atoms with Gasteiger partial charge in [-0.1, -0.05) is 30.3 Å². The molecule has 0 aromatic heterocycles. The summed E-state index contributed by atoms with van der Waals surface area (Å²) in [6.45, 7) is 0. The number of nitriles is 2. The molecular weight excluding hydrogens is 382 g/mol. The molecule has 5 atom stereocenters. The monoisotopic (exact) mass is 404 g/mol. The molecule has 2 aromatic carbocycles. The first-order chi connectivity index (χ1) is 14.5. The second kappa shape index (κ2) is 8.36. The Morgan fingerprint density at radius 2 is 1.80 bits per heavy atom. The summed E-state index contributed by atoms with van der Waals surface area (Å²) in [6.07, 6.45) is 1.93. The molecule has 4 rings (SSSR count). The number of ketones is 1. The molecule has 0 heterocycles. The summed E-state index contributed by atoms with van der Waals surface area (Å²) in [5.41, 5.74) is 2.40. The lowest BCUT2D eigenvalue weighted by molar-refractivity contribution is -0.125. The van der Waals surface area contributed by atoms with Crippen molar-refractivity contribution in [1.82, 2.24) is 0 Å².